The van der Waals surface area contributed by atoms with Crippen LogP contribution in [0.4, 0.5) is 0 Å². The zero-order valence-electron chi connectivity index (χ0n) is 60.1. The lowest BCUT2D eigenvalue weighted by molar-refractivity contribution is 0.436. The lowest BCUT2D eigenvalue weighted by Gasteiger charge is -2.39. The van der Waals surface area contributed by atoms with Crippen molar-refractivity contribution in [1.29, 1.82) is 0 Å². The lowest BCUT2D eigenvalue weighted by atomic mass is 9.65. The van der Waals surface area contributed by atoms with E-state index in [1.54, 1.807) is 6.20 Å². The molecule has 11 nitrogen and oxygen atoms in total. The van der Waals surface area contributed by atoms with E-state index in [1.807, 2.05) is 104 Å². The fourth-order valence-electron chi connectivity index (χ4n) is 17.5. The van der Waals surface area contributed by atoms with Crippen LogP contribution in [0.2, 0.25) is 0 Å². The van der Waals surface area contributed by atoms with Crippen LogP contribution >= 0.6 is 0 Å². The molecule has 522 valence electrons. The standard InChI is InChI=1S/C101H61N9O2/c1-3-19-65(20-4-1)94-105-96(69-24-17-23-67(53-69)63-38-36-62(37-39-63)64-48-51-102-52-49-64)109-97(106-94)71-42-46-80-79-44-40-68(57-86(79)101(88(80)59-71)84-30-11-15-34-92(84)112-93-35-16-12-31-85(93)101)89-47-43-73(61-104-89)75-54-74(72-25-18-50-103-60-72)55-76(56-75)99-108-95(66-21-5-2-6-22-66)107-98(110-99)70-41-45-78-77-26-7-8-27-81(77)100(87(78)58-70)82-28-9-13-32-90(82)111-91-33-14-10-29-83(91)100/h1-61H. The van der Waals surface area contributed by atoms with Crippen LogP contribution in [0.25, 0.3) is 146 Å². The summed E-state index contributed by atoms with van der Waals surface area (Å²) in [4.78, 5) is 46.4. The van der Waals surface area contributed by atoms with Gasteiger partial charge in [0.25, 0.3) is 0 Å². The molecule has 2 aliphatic carbocycles. The highest BCUT2D eigenvalue weighted by Gasteiger charge is 2.53. The number of rotatable bonds is 11. The van der Waals surface area contributed by atoms with Gasteiger partial charge in [0.05, 0.1) is 16.5 Å². The van der Waals surface area contributed by atoms with Crippen molar-refractivity contribution in [3.63, 3.8) is 0 Å². The SMILES string of the molecule is c1ccc(-c2nc(-c3cc(-c4cccnc4)cc(-c4ccc(-c5ccc6c(c5)C5(c7ccccc7Oc7ccccc75)c5cc(-c7nc(-c8ccccc8)nc(-c8cccc(-c9ccc(-c%10ccncc%10)cc9)c8)n7)ccc5-6)nc4)c3)nc(-c3ccc4c(c3)C3(c5ccccc5Oc5ccccc53)c3ccccc3-4)n2)cc1. The highest BCUT2D eigenvalue weighted by atomic mass is 16.5. The Bertz CT molecular complexity index is 6730. The summed E-state index contributed by atoms with van der Waals surface area (Å²) in [5, 5.41) is 0. The minimum Gasteiger partial charge on any atom is -0.457 e. The molecular weight excluding hydrogens is 1370 g/mol. The Balaban J connectivity index is 0.654. The smallest absolute Gasteiger partial charge is 0.164 e. The van der Waals surface area contributed by atoms with Gasteiger partial charge >= 0.3 is 0 Å². The van der Waals surface area contributed by atoms with Crippen molar-refractivity contribution in [2.75, 3.05) is 0 Å². The van der Waals surface area contributed by atoms with Crippen LogP contribution in [-0.2, 0) is 10.8 Å². The van der Waals surface area contributed by atoms with Gasteiger partial charge in [-0.3, -0.25) is 15.0 Å². The van der Waals surface area contributed by atoms with Crippen molar-refractivity contribution in [1.82, 2.24) is 44.9 Å². The molecule has 0 fully saturated rings. The van der Waals surface area contributed by atoms with E-state index in [1.165, 1.54) is 11.1 Å². The average molecular weight is 1430 g/mol. The van der Waals surface area contributed by atoms with Crippen LogP contribution in [0.3, 0.4) is 0 Å². The predicted octanol–water partition coefficient (Wildman–Crippen LogP) is 23.5. The van der Waals surface area contributed by atoms with Gasteiger partial charge in [-0.05, 0) is 169 Å². The van der Waals surface area contributed by atoms with Gasteiger partial charge in [-0.2, -0.15) is 0 Å². The zero-order valence-corrected chi connectivity index (χ0v) is 60.1. The van der Waals surface area contributed by atoms with E-state index in [-0.39, 0.29) is 0 Å². The van der Waals surface area contributed by atoms with Gasteiger partial charge < -0.3 is 9.47 Å². The maximum Gasteiger partial charge on any atom is 0.164 e. The Kier molecular flexibility index (Phi) is 14.8. The molecule has 0 radical (unpaired) electrons. The molecule has 0 saturated carbocycles. The summed E-state index contributed by atoms with van der Waals surface area (Å²) in [5.41, 5.74) is 26.8. The second-order valence-corrected chi connectivity index (χ2v) is 28.7. The van der Waals surface area contributed by atoms with Crippen molar-refractivity contribution in [2.45, 2.75) is 10.8 Å². The van der Waals surface area contributed by atoms with E-state index in [2.05, 4.69) is 271 Å². The number of hydrogen-bond donors (Lipinski definition) is 0. The van der Waals surface area contributed by atoms with Crippen LogP contribution < -0.4 is 9.47 Å². The number of aromatic nitrogens is 9. The topological polar surface area (TPSA) is 134 Å². The van der Waals surface area contributed by atoms with Gasteiger partial charge in [0.15, 0.2) is 34.9 Å². The molecule has 4 aliphatic rings. The van der Waals surface area contributed by atoms with Crippen molar-refractivity contribution in [2.24, 2.45) is 0 Å². The number of ether oxygens (including phenoxy) is 2. The normalized spacial score (nSPS) is 13.1. The molecule has 18 aromatic rings. The molecule has 2 spiro atoms. The van der Waals surface area contributed by atoms with Gasteiger partial charge in [0.1, 0.15) is 23.0 Å². The molecule has 13 aromatic carbocycles. The molecule has 0 unspecified atom stereocenters. The molecule has 0 amide bonds. The van der Waals surface area contributed by atoms with E-state index in [9.17, 15) is 0 Å². The van der Waals surface area contributed by atoms with Crippen molar-refractivity contribution < 1.29 is 9.47 Å². The third-order valence-corrected chi connectivity index (χ3v) is 22.6. The third kappa shape index (κ3) is 10.3. The largest absolute Gasteiger partial charge is 0.457 e. The summed E-state index contributed by atoms with van der Waals surface area (Å²) < 4.78 is 13.6. The summed E-state index contributed by atoms with van der Waals surface area (Å²) in [5.74, 6) is 6.56. The fraction of sp³-hybridized carbons (Fsp3) is 0.0198. The maximum atomic E-state index is 6.90. The Morgan fingerprint density at radius 1 is 0.188 bits per heavy atom. The molecule has 22 rings (SSSR count). The third-order valence-electron chi connectivity index (χ3n) is 22.6. The van der Waals surface area contributed by atoms with Crippen LogP contribution in [0, 0.1) is 0 Å². The van der Waals surface area contributed by atoms with Gasteiger partial charge in [-0.25, -0.2) is 29.9 Å². The second-order valence-electron chi connectivity index (χ2n) is 28.7. The quantitative estimate of drug-likeness (QED) is 0.122. The Hall–Kier alpha value is -15.1. The van der Waals surface area contributed by atoms with E-state index in [4.69, 9.17) is 44.4 Å². The molecule has 0 bridgehead atoms. The van der Waals surface area contributed by atoms with Crippen LogP contribution in [0.1, 0.15) is 44.5 Å². The van der Waals surface area contributed by atoms with Crippen LogP contribution in [0.15, 0.2) is 371 Å². The monoisotopic (exact) mass is 1430 g/mol. The number of pyridine rings is 3. The molecule has 0 saturated heterocycles. The minimum atomic E-state index is -0.849. The highest BCUT2D eigenvalue weighted by molar-refractivity contribution is 5.94. The van der Waals surface area contributed by atoms with Gasteiger partial charge in [-0.15, -0.1) is 0 Å². The molecule has 0 atom stereocenters. The second kappa shape index (κ2) is 25.8. The number of hydrogen-bond acceptors (Lipinski definition) is 11. The van der Waals surface area contributed by atoms with Gasteiger partial charge in [-0.1, -0.05) is 249 Å². The molecule has 112 heavy (non-hydrogen) atoms. The average Bonchev–Trinajstić information content (AvgIpc) is 1.51. The van der Waals surface area contributed by atoms with Crippen molar-refractivity contribution >= 4 is 0 Å². The lowest BCUT2D eigenvalue weighted by Crippen LogP contribution is -2.32. The molecule has 7 heterocycles. The summed E-state index contributed by atoms with van der Waals surface area (Å²) in [6.45, 7) is 0. The Labute approximate surface area is 645 Å². The van der Waals surface area contributed by atoms with Gasteiger partial charge in [0, 0.05) is 103 Å². The highest BCUT2D eigenvalue weighted by Crippen LogP contribution is 2.65. The van der Waals surface area contributed by atoms with Gasteiger partial charge in [0.2, 0.25) is 0 Å². The Morgan fingerprint density at radius 3 is 1.04 bits per heavy atom. The first-order valence-corrected chi connectivity index (χ1v) is 37.5. The summed E-state index contributed by atoms with van der Waals surface area (Å²) in [6.07, 6.45) is 9.33. The summed E-state index contributed by atoms with van der Waals surface area (Å²) in [7, 11) is 0. The first-order valence-electron chi connectivity index (χ1n) is 37.5. The molecule has 0 N–H and O–H groups in total. The maximum absolute atomic E-state index is 6.90. The summed E-state index contributed by atoms with van der Waals surface area (Å²) >= 11 is 0. The van der Waals surface area contributed by atoms with Crippen molar-refractivity contribution in [3.05, 3.63) is 415 Å². The first kappa shape index (κ1) is 64.1. The molecule has 5 aromatic heterocycles. The van der Waals surface area contributed by atoms with E-state index >= 15 is 0 Å². The zero-order chi connectivity index (χ0) is 73.9. The van der Waals surface area contributed by atoms with E-state index in [0.29, 0.717) is 34.9 Å². The van der Waals surface area contributed by atoms with Crippen LogP contribution in [0.5, 0.6) is 23.0 Å². The molecular formula is C101H61N9O2. The van der Waals surface area contributed by atoms with E-state index < -0.39 is 10.8 Å². The number of fused-ring (bicyclic) bond motifs is 18. The van der Waals surface area contributed by atoms with E-state index in [0.717, 1.165) is 168 Å². The number of benzene rings is 13. The Morgan fingerprint density at radius 2 is 0.536 bits per heavy atom. The fourth-order valence-corrected chi connectivity index (χ4v) is 17.5. The molecule has 2 aliphatic heterocycles. The number of nitrogens with zero attached hydrogens (tertiary/aromatic N) is 9. The van der Waals surface area contributed by atoms with Crippen molar-refractivity contribution in [3.8, 4) is 169 Å². The minimum absolute atomic E-state index is 0.522. The predicted molar refractivity (Wildman–Crippen MR) is 441 cm³/mol. The summed E-state index contributed by atoms with van der Waals surface area (Å²) in [6, 6.07) is 119. The molecule has 11 heteroatoms. The van der Waals surface area contributed by atoms with Crippen LogP contribution in [-0.4, -0.2) is 44.9 Å². The first-order chi connectivity index (χ1) is 55.4. The number of para-hydroxylation sites is 4.